The highest BCUT2D eigenvalue weighted by atomic mass is 16.6. The lowest BCUT2D eigenvalue weighted by Gasteiger charge is -2.35. The van der Waals surface area contributed by atoms with E-state index < -0.39 is 122 Å². The fraction of sp³-hybridized carbons (Fsp3) is 0.667. The van der Waals surface area contributed by atoms with Gasteiger partial charge in [0, 0.05) is 86.7 Å². The lowest BCUT2D eigenvalue weighted by Crippen LogP contribution is -2.55. The van der Waals surface area contributed by atoms with Gasteiger partial charge in [-0.05, 0) is 98.6 Å². The number of carbonyl (C=O) groups excluding carboxylic acids is 8. The molecule has 0 N–H and O–H groups in total. The number of morpholine rings is 2. The van der Waals surface area contributed by atoms with Crippen molar-refractivity contribution in [1.29, 1.82) is 0 Å². The SMILES string of the molecule is [2H]C([2H])([2H])N1C(=O)[C@@H](C)OC(=O)[C@@H](CC(C)C)N(C)C(=O)[C@@H](Cc2ccc(N3CCOCC3)cc2)OC(=O)[C@H](CC(C)C)N(C([2H])([2H])[2H])C(=O)[C@@H](C)OC(=O)[C@H](CC(C)C)N(C)C(=O)[C@@H](Cc2ccc(N3CCOCC3)cc2)OC(=O)[C@@H]1CC(C)C. The van der Waals surface area contributed by atoms with Crippen LogP contribution in [-0.4, -0.2) is 196 Å². The monoisotopic (exact) mass is 1120 g/mol. The smallest absolute Gasteiger partial charge is 0.329 e. The molecule has 0 spiro atoms. The second kappa shape index (κ2) is 30.0. The molecular weight excluding hydrogens is 1030 g/mol. The van der Waals surface area contributed by atoms with Gasteiger partial charge in [-0.15, -0.1) is 0 Å². The third-order valence-electron chi connectivity index (χ3n) is 14.4. The minimum atomic E-state index is -3.39. The van der Waals surface area contributed by atoms with E-state index in [0.29, 0.717) is 73.5 Å². The average molecular weight is 1130 g/mol. The molecular formula is C60H90N6O14. The first-order chi connectivity index (χ1) is 40.2. The molecule has 5 rings (SSSR count). The zero-order valence-corrected chi connectivity index (χ0v) is 48.8. The van der Waals surface area contributed by atoms with E-state index in [1.165, 1.54) is 14.1 Å². The van der Waals surface area contributed by atoms with Crippen molar-refractivity contribution in [3.63, 3.8) is 0 Å². The Morgan fingerprint density at radius 3 is 0.975 bits per heavy atom. The van der Waals surface area contributed by atoms with Crippen LogP contribution in [0.3, 0.4) is 0 Å². The van der Waals surface area contributed by atoms with Gasteiger partial charge in [-0.3, -0.25) is 19.2 Å². The van der Waals surface area contributed by atoms with Crippen LogP contribution in [0.25, 0.3) is 0 Å². The molecule has 4 amide bonds. The Morgan fingerprint density at radius 1 is 0.425 bits per heavy atom. The average Bonchev–Trinajstić information content (AvgIpc) is 2.68. The van der Waals surface area contributed by atoms with E-state index in [1.54, 1.807) is 79.7 Å². The van der Waals surface area contributed by atoms with Crippen LogP contribution in [0, 0.1) is 23.7 Å². The third-order valence-corrected chi connectivity index (χ3v) is 14.4. The number of ether oxygens (including phenoxy) is 6. The highest BCUT2D eigenvalue weighted by Gasteiger charge is 2.43. The summed E-state index contributed by atoms with van der Waals surface area (Å²) in [6.45, 7) is 13.6. The molecule has 0 unspecified atom stereocenters. The first-order valence-electron chi connectivity index (χ1n) is 31.0. The van der Waals surface area contributed by atoms with Gasteiger partial charge in [-0.2, -0.15) is 0 Å². The van der Waals surface area contributed by atoms with Crippen molar-refractivity contribution in [1.82, 2.24) is 19.6 Å². The summed E-state index contributed by atoms with van der Waals surface area (Å²) in [5.41, 5.74) is 2.64. The second-order valence-electron chi connectivity index (χ2n) is 22.8. The molecule has 8 atom stereocenters. The topological polar surface area (TPSA) is 211 Å². The maximum atomic E-state index is 15.1. The standard InChI is InChI=1S/C60H90N6O14/c1-37(2)31-47-57(71)77-41(9)53(67)61(11)50(34-40(7)8)60(74)80-52(36-44-17-21-46(22-18-44)66-25-29-76-30-26-66)56(70)64(14)48(32-38(3)4)58(72)78-42(10)54(68)62(12)49(33-39(5)6)59(73)79-51(55(69)63(47)13)35-43-15-19-45(20-16-43)65-23-27-75-28-24-65/h15-22,37-42,47-52H,23-36H2,1-14H3/t41-,42-,47-,48+,49+,50+,51-,52-/m1/s1/i11D3,12D3. The maximum absolute atomic E-state index is 15.1. The number of cyclic esters (lactones) is 4. The Labute approximate surface area is 482 Å². The first kappa shape index (κ1) is 55.6. The van der Waals surface area contributed by atoms with Crippen LogP contribution in [0.4, 0.5) is 11.4 Å². The number of likely N-dealkylation sites (N-methyl/N-ethyl adjacent to an activating group) is 4. The van der Waals surface area contributed by atoms with Crippen molar-refractivity contribution in [3.05, 3.63) is 59.7 Å². The van der Waals surface area contributed by atoms with E-state index in [4.69, 9.17) is 36.6 Å². The van der Waals surface area contributed by atoms with Gasteiger partial charge >= 0.3 is 23.9 Å². The Bertz CT molecular complexity index is 2450. The van der Waals surface area contributed by atoms with Gasteiger partial charge in [-0.25, -0.2) is 19.2 Å². The Hall–Kier alpha value is -6.28. The zero-order valence-electron chi connectivity index (χ0n) is 54.8. The first-order valence-corrected chi connectivity index (χ1v) is 28.0. The molecule has 0 aromatic heterocycles. The molecule has 3 saturated heterocycles. The van der Waals surface area contributed by atoms with Gasteiger partial charge in [0.05, 0.1) is 26.4 Å². The van der Waals surface area contributed by atoms with E-state index in [1.807, 2.05) is 24.3 Å². The molecule has 3 fully saturated rings. The lowest BCUT2D eigenvalue weighted by atomic mass is 10.00. The summed E-state index contributed by atoms with van der Waals surface area (Å²) >= 11 is 0. The number of rotatable bonds is 14. The van der Waals surface area contributed by atoms with Gasteiger partial charge in [0.1, 0.15) is 24.2 Å². The van der Waals surface area contributed by atoms with Crippen molar-refractivity contribution in [3.8, 4) is 0 Å². The van der Waals surface area contributed by atoms with Crippen LogP contribution in [0.1, 0.15) is 114 Å². The summed E-state index contributed by atoms with van der Waals surface area (Å²) in [5.74, 6) is -11.2. The highest BCUT2D eigenvalue weighted by molar-refractivity contribution is 5.94. The molecule has 3 aliphatic rings. The molecule has 20 heteroatoms. The van der Waals surface area contributed by atoms with Crippen molar-refractivity contribution >= 4 is 58.9 Å². The molecule has 2 aromatic rings. The predicted octanol–water partition coefficient (Wildman–Crippen LogP) is 5.34. The van der Waals surface area contributed by atoms with E-state index in [0.717, 1.165) is 35.0 Å². The van der Waals surface area contributed by atoms with Crippen molar-refractivity contribution < 1.29 is 75.0 Å². The molecule has 0 radical (unpaired) electrons. The number of hydrogen-bond acceptors (Lipinski definition) is 16. The minimum Gasteiger partial charge on any atom is -0.451 e. The summed E-state index contributed by atoms with van der Waals surface area (Å²) in [5, 5.41) is 0. The fourth-order valence-corrected chi connectivity index (χ4v) is 9.85. The molecule has 3 aliphatic heterocycles. The fourth-order valence-electron chi connectivity index (χ4n) is 9.85. The van der Waals surface area contributed by atoms with Gasteiger partial charge < -0.3 is 57.8 Å². The number of carbonyl (C=O) groups is 8. The number of hydrogen-bond donors (Lipinski definition) is 0. The van der Waals surface area contributed by atoms with Gasteiger partial charge in [-0.1, -0.05) is 79.7 Å². The summed E-state index contributed by atoms with van der Waals surface area (Å²) in [4.78, 5) is 126. The van der Waals surface area contributed by atoms with Crippen LogP contribution >= 0.6 is 0 Å². The van der Waals surface area contributed by atoms with Gasteiger partial charge in [0.2, 0.25) is 0 Å². The Balaban J connectivity index is 1.69. The molecule has 80 heavy (non-hydrogen) atoms. The van der Waals surface area contributed by atoms with Crippen molar-refractivity contribution in [2.24, 2.45) is 23.7 Å². The number of anilines is 2. The van der Waals surface area contributed by atoms with Crippen LogP contribution in [0.15, 0.2) is 48.5 Å². The summed E-state index contributed by atoms with van der Waals surface area (Å²) in [6.07, 6.45) is -8.95. The summed E-state index contributed by atoms with van der Waals surface area (Å²) in [6, 6.07) is 7.19. The van der Waals surface area contributed by atoms with Crippen LogP contribution < -0.4 is 9.80 Å². The zero-order chi connectivity index (χ0) is 64.1. The lowest BCUT2D eigenvalue weighted by molar-refractivity contribution is -0.176. The Morgan fingerprint density at radius 2 is 0.700 bits per heavy atom. The number of amides is 4. The van der Waals surface area contributed by atoms with E-state index in [-0.39, 0.29) is 50.4 Å². The molecule has 0 bridgehead atoms. The van der Waals surface area contributed by atoms with Crippen LogP contribution in [0.2, 0.25) is 0 Å². The maximum Gasteiger partial charge on any atom is 0.329 e. The van der Waals surface area contributed by atoms with E-state index in [9.17, 15) is 28.8 Å². The predicted molar refractivity (Wildman–Crippen MR) is 301 cm³/mol. The minimum absolute atomic E-state index is 0.103. The quantitative estimate of drug-likeness (QED) is 0.173. The summed E-state index contributed by atoms with van der Waals surface area (Å²) in [7, 11) is 2.50. The largest absolute Gasteiger partial charge is 0.451 e. The molecule has 20 nitrogen and oxygen atoms in total. The van der Waals surface area contributed by atoms with Crippen molar-refractivity contribution in [2.75, 3.05) is 90.5 Å². The highest BCUT2D eigenvalue weighted by Crippen LogP contribution is 2.26. The van der Waals surface area contributed by atoms with Crippen LogP contribution in [0.5, 0.6) is 0 Å². The third kappa shape index (κ3) is 17.9. The number of esters is 4. The molecule has 444 valence electrons. The second-order valence-corrected chi connectivity index (χ2v) is 22.8. The number of benzene rings is 2. The van der Waals surface area contributed by atoms with Gasteiger partial charge in [0.25, 0.3) is 23.6 Å². The Kier molecular flexibility index (Phi) is 20.8. The van der Waals surface area contributed by atoms with Crippen molar-refractivity contribution in [2.45, 2.75) is 156 Å². The van der Waals surface area contributed by atoms with E-state index in [2.05, 4.69) is 9.80 Å². The van der Waals surface area contributed by atoms with Gasteiger partial charge in [0.15, 0.2) is 24.4 Å². The molecule has 3 heterocycles. The molecule has 0 saturated carbocycles. The molecule has 2 aromatic carbocycles. The summed E-state index contributed by atoms with van der Waals surface area (Å²) < 4.78 is 86.9. The van der Waals surface area contributed by atoms with Crippen LogP contribution in [-0.2, 0) is 79.6 Å². The normalized spacial score (nSPS) is 27.0. The number of nitrogens with zero attached hydrogens (tertiary/aromatic N) is 6. The van der Waals surface area contributed by atoms with E-state index >= 15 is 9.59 Å². The molecule has 0 aliphatic carbocycles.